The lowest BCUT2D eigenvalue weighted by molar-refractivity contribution is -0.119. The first-order valence-corrected chi connectivity index (χ1v) is 6.28. The van der Waals surface area contributed by atoms with E-state index in [1.165, 1.54) is 0 Å². The summed E-state index contributed by atoms with van der Waals surface area (Å²) in [4.78, 5) is 22.7. The first-order chi connectivity index (χ1) is 8.72. The van der Waals surface area contributed by atoms with Crippen molar-refractivity contribution in [2.75, 3.05) is 13.1 Å². The Morgan fingerprint density at radius 3 is 2.78 bits per heavy atom. The zero-order valence-electron chi connectivity index (χ0n) is 10.3. The Morgan fingerprint density at radius 1 is 1.33 bits per heavy atom. The van der Waals surface area contributed by atoms with E-state index in [-0.39, 0.29) is 18.0 Å². The molecule has 2 rings (SSSR count). The Morgan fingerprint density at radius 2 is 2.06 bits per heavy atom. The Bertz CT molecular complexity index is 495. The van der Waals surface area contributed by atoms with Crippen LogP contribution in [-0.2, 0) is 24.1 Å². The van der Waals surface area contributed by atoms with Crippen LogP contribution in [-0.4, -0.2) is 29.2 Å². The standard InChI is InChI=1S/C12H18N4O2/c13-7-11(17)14-6-5-10-8-3-1-2-4-9(8)12(18)16-15-10/h1-7,13H2,(H,14,17)(H,16,18). The molecule has 1 amide bonds. The van der Waals surface area contributed by atoms with Crippen LogP contribution in [0.15, 0.2) is 4.79 Å². The van der Waals surface area contributed by atoms with Crippen molar-refractivity contribution in [3.8, 4) is 0 Å². The minimum atomic E-state index is -0.173. The molecular formula is C12H18N4O2. The molecule has 4 N–H and O–H groups in total. The zero-order chi connectivity index (χ0) is 13.0. The highest BCUT2D eigenvalue weighted by Crippen LogP contribution is 2.19. The summed E-state index contributed by atoms with van der Waals surface area (Å²) in [5.74, 6) is -0.173. The lowest BCUT2D eigenvalue weighted by atomic mass is 9.91. The van der Waals surface area contributed by atoms with Gasteiger partial charge in [-0.25, -0.2) is 5.10 Å². The number of nitrogens with two attached hydrogens (primary N) is 1. The number of carbonyl (C=O) groups is 1. The third kappa shape index (κ3) is 2.76. The van der Waals surface area contributed by atoms with E-state index in [0.29, 0.717) is 13.0 Å². The zero-order valence-corrected chi connectivity index (χ0v) is 10.3. The van der Waals surface area contributed by atoms with Crippen LogP contribution in [0.4, 0.5) is 0 Å². The molecule has 0 unspecified atom stereocenters. The van der Waals surface area contributed by atoms with Gasteiger partial charge in [-0.05, 0) is 31.2 Å². The van der Waals surface area contributed by atoms with Gasteiger partial charge in [0.05, 0.1) is 12.2 Å². The van der Waals surface area contributed by atoms with Gasteiger partial charge in [-0.2, -0.15) is 5.10 Å². The van der Waals surface area contributed by atoms with Crippen LogP contribution >= 0.6 is 0 Å². The largest absolute Gasteiger partial charge is 0.355 e. The minimum absolute atomic E-state index is 0.00282. The monoisotopic (exact) mass is 250 g/mol. The van der Waals surface area contributed by atoms with Gasteiger partial charge in [-0.1, -0.05) is 0 Å². The van der Waals surface area contributed by atoms with Gasteiger partial charge in [0.15, 0.2) is 0 Å². The maximum atomic E-state index is 11.6. The summed E-state index contributed by atoms with van der Waals surface area (Å²) in [6.45, 7) is 0.499. The van der Waals surface area contributed by atoms with Crippen molar-refractivity contribution in [2.45, 2.75) is 32.1 Å². The second-order valence-corrected chi connectivity index (χ2v) is 4.47. The summed E-state index contributed by atoms with van der Waals surface area (Å²) in [7, 11) is 0. The SMILES string of the molecule is NCC(=O)NCCc1n[nH]c(=O)c2c1CCCC2. The van der Waals surface area contributed by atoms with Crippen molar-refractivity contribution in [2.24, 2.45) is 5.73 Å². The van der Waals surface area contributed by atoms with Crippen LogP contribution in [0.3, 0.4) is 0 Å². The molecule has 98 valence electrons. The molecule has 1 aromatic rings. The van der Waals surface area contributed by atoms with E-state index < -0.39 is 0 Å². The normalized spacial score (nSPS) is 14.1. The van der Waals surface area contributed by atoms with Crippen LogP contribution in [0.5, 0.6) is 0 Å². The van der Waals surface area contributed by atoms with Crippen LogP contribution in [0.1, 0.15) is 29.7 Å². The molecule has 0 saturated heterocycles. The van der Waals surface area contributed by atoms with Gasteiger partial charge >= 0.3 is 0 Å². The van der Waals surface area contributed by atoms with Gasteiger partial charge in [0.2, 0.25) is 5.91 Å². The number of H-pyrrole nitrogens is 1. The Balaban J connectivity index is 2.09. The molecule has 1 aromatic heterocycles. The summed E-state index contributed by atoms with van der Waals surface area (Å²) in [5, 5.41) is 9.34. The van der Waals surface area contributed by atoms with E-state index in [0.717, 1.165) is 42.5 Å². The molecule has 1 heterocycles. The third-order valence-electron chi connectivity index (χ3n) is 3.25. The molecule has 1 aliphatic rings. The number of hydrogen-bond donors (Lipinski definition) is 3. The summed E-state index contributed by atoms with van der Waals surface area (Å²) in [6, 6.07) is 0. The number of carbonyl (C=O) groups excluding carboxylic acids is 1. The van der Waals surface area contributed by atoms with Crippen molar-refractivity contribution in [3.63, 3.8) is 0 Å². The molecule has 0 aromatic carbocycles. The summed E-state index contributed by atoms with van der Waals surface area (Å²) >= 11 is 0. The third-order valence-corrected chi connectivity index (χ3v) is 3.25. The first kappa shape index (κ1) is 12.8. The minimum Gasteiger partial charge on any atom is -0.355 e. The van der Waals surface area contributed by atoms with E-state index in [9.17, 15) is 9.59 Å². The molecule has 0 aliphatic heterocycles. The summed E-state index contributed by atoms with van der Waals surface area (Å²) < 4.78 is 0. The van der Waals surface area contributed by atoms with E-state index in [1.54, 1.807) is 0 Å². The average Bonchev–Trinajstić information content (AvgIpc) is 2.41. The van der Waals surface area contributed by atoms with Crippen molar-refractivity contribution in [1.29, 1.82) is 0 Å². The molecule has 1 aliphatic carbocycles. The topological polar surface area (TPSA) is 101 Å². The smallest absolute Gasteiger partial charge is 0.267 e. The molecule has 6 heteroatoms. The average molecular weight is 250 g/mol. The second-order valence-electron chi connectivity index (χ2n) is 4.47. The molecule has 18 heavy (non-hydrogen) atoms. The van der Waals surface area contributed by atoms with Crippen molar-refractivity contribution < 1.29 is 4.79 Å². The lowest BCUT2D eigenvalue weighted by Crippen LogP contribution is -2.32. The number of fused-ring (bicyclic) bond motifs is 1. The maximum absolute atomic E-state index is 11.6. The predicted octanol–water partition coefficient (Wildman–Crippen LogP) is -0.734. The fraction of sp³-hybridized carbons (Fsp3) is 0.583. The molecule has 0 saturated carbocycles. The maximum Gasteiger partial charge on any atom is 0.267 e. The number of amides is 1. The lowest BCUT2D eigenvalue weighted by Gasteiger charge is -2.17. The predicted molar refractivity (Wildman–Crippen MR) is 67.3 cm³/mol. The molecule has 0 spiro atoms. The molecule has 0 atom stereocenters. The number of aromatic nitrogens is 2. The molecule has 6 nitrogen and oxygen atoms in total. The van der Waals surface area contributed by atoms with Gasteiger partial charge in [0, 0.05) is 18.5 Å². The highest BCUT2D eigenvalue weighted by atomic mass is 16.1. The van der Waals surface area contributed by atoms with Gasteiger partial charge in [-0.3, -0.25) is 9.59 Å². The van der Waals surface area contributed by atoms with Gasteiger partial charge in [-0.15, -0.1) is 0 Å². The summed E-state index contributed by atoms with van der Waals surface area (Å²) in [5.41, 5.74) is 7.98. The first-order valence-electron chi connectivity index (χ1n) is 6.28. The molecule has 0 radical (unpaired) electrons. The number of rotatable bonds is 4. The second kappa shape index (κ2) is 5.77. The Labute approximate surface area is 105 Å². The molecule has 0 fully saturated rings. The van der Waals surface area contributed by atoms with Crippen LogP contribution in [0, 0.1) is 0 Å². The van der Waals surface area contributed by atoms with Gasteiger partial charge in [0.1, 0.15) is 0 Å². The molecule has 0 bridgehead atoms. The van der Waals surface area contributed by atoms with Crippen molar-refractivity contribution in [3.05, 3.63) is 27.2 Å². The summed E-state index contributed by atoms with van der Waals surface area (Å²) in [6.07, 6.45) is 4.52. The number of hydrogen-bond acceptors (Lipinski definition) is 4. The fourth-order valence-electron chi connectivity index (χ4n) is 2.33. The van der Waals surface area contributed by atoms with Crippen LogP contribution in [0.2, 0.25) is 0 Å². The van der Waals surface area contributed by atoms with Crippen molar-refractivity contribution in [1.82, 2.24) is 15.5 Å². The highest BCUT2D eigenvalue weighted by Gasteiger charge is 2.17. The van der Waals surface area contributed by atoms with Gasteiger partial charge in [0.25, 0.3) is 5.56 Å². The van der Waals surface area contributed by atoms with Crippen LogP contribution < -0.4 is 16.6 Å². The van der Waals surface area contributed by atoms with Crippen LogP contribution in [0.25, 0.3) is 0 Å². The highest BCUT2D eigenvalue weighted by molar-refractivity contribution is 5.77. The van der Waals surface area contributed by atoms with E-state index in [1.807, 2.05) is 0 Å². The number of aromatic amines is 1. The van der Waals surface area contributed by atoms with E-state index in [4.69, 9.17) is 5.73 Å². The van der Waals surface area contributed by atoms with E-state index >= 15 is 0 Å². The molecular weight excluding hydrogens is 232 g/mol. The number of nitrogens with zero attached hydrogens (tertiary/aromatic N) is 1. The van der Waals surface area contributed by atoms with Crippen molar-refractivity contribution >= 4 is 5.91 Å². The van der Waals surface area contributed by atoms with Gasteiger partial charge < -0.3 is 11.1 Å². The fourth-order valence-corrected chi connectivity index (χ4v) is 2.33. The number of nitrogens with one attached hydrogen (secondary N) is 2. The quantitative estimate of drug-likeness (QED) is 0.655. The Hall–Kier alpha value is -1.69. The Kier molecular flexibility index (Phi) is 4.09. The van der Waals surface area contributed by atoms with E-state index in [2.05, 4.69) is 15.5 Å².